The molecule has 5 nitrogen and oxygen atoms in total. The third kappa shape index (κ3) is 2.14. The highest BCUT2D eigenvalue weighted by molar-refractivity contribution is 5.99. The molecule has 1 aromatic heterocycles. The van der Waals surface area contributed by atoms with Gasteiger partial charge in [-0.1, -0.05) is 17.3 Å². The Morgan fingerprint density at radius 3 is 2.76 bits per heavy atom. The summed E-state index contributed by atoms with van der Waals surface area (Å²) >= 11 is 0. The standard InChI is InChI=1S/C15H12FN3O2/c1-9(20)11-7-10(16)8-14(21-2)15(11)19-13-6-4-3-5-12(13)17-18-19/h3-8H,1-2H3. The predicted molar refractivity (Wildman–Crippen MR) is 75.4 cm³/mol. The second kappa shape index (κ2) is 4.97. The Hall–Kier alpha value is -2.76. The van der Waals surface area contributed by atoms with Crippen molar-refractivity contribution in [2.24, 2.45) is 0 Å². The molecule has 21 heavy (non-hydrogen) atoms. The molecule has 0 aliphatic rings. The van der Waals surface area contributed by atoms with Crippen molar-refractivity contribution in [1.29, 1.82) is 0 Å². The maximum absolute atomic E-state index is 13.6. The Morgan fingerprint density at radius 2 is 2.05 bits per heavy atom. The fourth-order valence-corrected chi connectivity index (χ4v) is 2.25. The first kappa shape index (κ1) is 13.2. The number of rotatable bonds is 3. The number of ether oxygens (including phenoxy) is 1. The fraction of sp³-hybridized carbons (Fsp3) is 0.133. The van der Waals surface area contributed by atoms with Crippen LogP contribution in [0, 0.1) is 5.82 Å². The van der Waals surface area contributed by atoms with Crippen LogP contribution in [0.1, 0.15) is 17.3 Å². The molecule has 0 saturated carbocycles. The first-order valence-corrected chi connectivity index (χ1v) is 6.31. The lowest BCUT2D eigenvalue weighted by atomic mass is 10.1. The zero-order chi connectivity index (χ0) is 15.0. The van der Waals surface area contributed by atoms with Crippen molar-refractivity contribution < 1.29 is 13.9 Å². The SMILES string of the molecule is COc1cc(F)cc(C(C)=O)c1-n1nnc2ccccc21. The summed E-state index contributed by atoms with van der Waals surface area (Å²) in [5.41, 5.74) is 1.98. The van der Waals surface area contributed by atoms with Crippen molar-refractivity contribution in [2.75, 3.05) is 7.11 Å². The van der Waals surface area contributed by atoms with Gasteiger partial charge in [0.25, 0.3) is 0 Å². The molecule has 0 atom stereocenters. The van der Waals surface area contributed by atoms with E-state index in [9.17, 15) is 9.18 Å². The van der Waals surface area contributed by atoms with E-state index >= 15 is 0 Å². The lowest BCUT2D eigenvalue weighted by Gasteiger charge is -2.12. The van der Waals surface area contributed by atoms with E-state index in [0.717, 1.165) is 0 Å². The number of hydrogen-bond acceptors (Lipinski definition) is 4. The molecular weight excluding hydrogens is 273 g/mol. The van der Waals surface area contributed by atoms with E-state index in [2.05, 4.69) is 10.3 Å². The van der Waals surface area contributed by atoms with E-state index in [1.807, 2.05) is 24.3 Å². The molecule has 0 radical (unpaired) electrons. The second-order valence-electron chi connectivity index (χ2n) is 4.55. The maximum atomic E-state index is 13.6. The number of para-hydroxylation sites is 1. The first-order chi connectivity index (χ1) is 10.1. The number of methoxy groups -OCH3 is 1. The summed E-state index contributed by atoms with van der Waals surface area (Å²) in [7, 11) is 1.42. The van der Waals surface area contributed by atoms with Crippen molar-refractivity contribution >= 4 is 16.8 Å². The largest absolute Gasteiger partial charge is 0.494 e. The molecule has 6 heteroatoms. The van der Waals surface area contributed by atoms with Gasteiger partial charge >= 0.3 is 0 Å². The summed E-state index contributed by atoms with van der Waals surface area (Å²) in [6.07, 6.45) is 0. The Bertz CT molecular complexity index is 842. The highest BCUT2D eigenvalue weighted by Gasteiger charge is 2.19. The van der Waals surface area contributed by atoms with Gasteiger partial charge in [0.1, 0.15) is 22.8 Å². The van der Waals surface area contributed by atoms with Gasteiger partial charge < -0.3 is 4.74 Å². The Kier molecular flexibility index (Phi) is 3.13. The Morgan fingerprint density at radius 1 is 1.29 bits per heavy atom. The molecule has 106 valence electrons. The van der Waals surface area contributed by atoms with Crippen LogP contribution < -0.4 is 4.74 Å². The summed E-state index contributed by atoms with van der Waals surface area (Å²) < 4.78 is 20.3. The Balaban J connectivity index is 2.38. The number of benzene rings is 2. The number of nitrogens with zero attached hydrogens (tertiary/aromatic N) is 3. The van der Waals surface area contributed by atoms with Crippen molar-refractivity contribution in [3.63, 3.8) is 0 Å². The number of hydrogen-bond donors (Lipinski definition) is 0. The summed E-state index contributed by atoms with van der Waals surface area (Å²) in [4.78, 5) is 11.8. The first-order valence-electron chi connectivity index (χ1n) is 6.31. The molecule has 0 unspecified atom stereocenters. The average molecular weight is 285 g/mol. The van der Waals surface area contributed by atoms with E-state index in [1.165, 1.54) is 30.8 Å². The highest BCUT2D eigenvalue weighted by Crippen LogP contribution is 2.30. The normalized spacial score (nSPS) is 10.8. The third-order valence-corrected chi connectivity index (χ3v) is 3.20. The number of carbonyl (C=O) groups excluding carboxylic acids is 1. The molecule has 0 aliphatic heterocycles. The molecule has 0 saturated heterocycles. The molecule has 0 amide bonds. The summed E-state index contributed by atoms with van der Waals surface area (Å²) in [6, 6.07) is 9.71. The second-order valence-corrected chi connectivity index (χ2v) is 4.55. The highest BCUT2D eigenvalue weighted by atomic mass is 19.1. The van der Waals surface area contributed by atoms with Crippen LogP contribution in [-0.2, 0) is 0 Å². The van der Waals surface area contributed by atoms with Crippen LogP contribution in [0.3, 0.4) is 0 Å². The number of aromatic nitrogens is 3. The average Bonchev–Trinajstić information content (AvgIpc) is 2.90. The van der Waals surface area contributed by atoms with Gasteiger partial charge in [-0.2, -0.15) is 0 Å². The van der Waals surface area contributed by atoms with E-state index < -0.39 is 5.82 Å². The van der Waals surface area contributed by atoms with E-state index in [-0.39, 0.29) is 17.1 Å². The zero-order valence-electron chi connectivity index (χ0n) is 11.5. The minimum atomic E-state index is -0.537. The number of carbonyl (C=O) groups is 1. The summed E-state index contributed by atoms with van der Waals surface area (Å²) in [5, 5.41) is 8.10. The lowest BCUT2D eigenvalue weighted by Crippen LogP contribution is -2.08. The van der Waals surface area contributed by atoms with Crippen LogP contribution in [0.5, 0.6) is 5.75 Å². The molecular formula is C15H12FN3O2. The minimum absolute atomic E-state index is 0.197. The predicted octanol–water partition coefficient (Wildman–Crippen LogP) is 2.77. The van der Waals surface area contributed by atoms with Crippen molar-refractivity contribution in [2.45, 2.75) is 6.92 Å². The van der Waals surface area contributed by atoms with Crippen LogP contribution in [0.15, 0.2) is 36.4 Å². The van der Waals surface area contributed by atoms with Gasteiger partial charge in [0.2, 0.25) is 0 Å². The van der Waals surface area contributed by atoms with Gasteiger partial charge in [-0.15, -0.1) is 5.10 Å². The van der Waals surface area contributed by atoms with Crippen LogP contribution in [0.25, 0.3) is 16.7 Å². The zero-order valence-corrected chi connectivity index (χ0v) is 11.5. The number of fused-ring (bicyclic) bond motifs is 1. The van der Waals surface area contributed by atoms with Gasteiger partial charge in [-0.25, -0.2) is 9.07 Å². The topological polar surface area (TPSA) is 57.0 Å². The summed E-state index contributed by atoms with van der Waals surface area (Å²) in [5.74, 6) is -0.580. The molecule has 3 aromatic rings. The van der Waals surface area contributed by atoms with Gasteiger partial charge in [0.05, 0.1) is 12.6 Å². The quantitative estimate of drug-likeness (QED) is 0.694. The van der Waals surface area contributed by atoms with Gasteiger partial charge in [0.15, 0.2) is 5.78 Å². The molecule has 1 heterocycles. The molecule has 0 aliphatic carbocycles. The van der Waals surface area contributed by atoms with Crippen LogP contribution >= 0.6 is 0 Å². The van der Waals surface area contributed by atoms with Crippen LogP contribution in [0.4, 0.5) is 4.39 Å². The van der Waals surface area contributed by atoms with Gasteiger partial charge in [-0.05, 0) is 25.1 Å². The number of halogens is 1. The maximum Gasteiger partial charge on any atom is 0.162 e. The molecule has 0 spiro atoms. The monoisotopic (exact) mass is 285 g/mol. The molecule has 0 fully saturated rings. The fourth-order valence-electron chi connectivity index (χ4n) is 2.25. The van der Waals surface area contributed by atoms with Crippen LogP contribution in [-0.4, -0.2) is 27.9 Å². The van der Waals surface area contributed by atoms with Crippen molar-refractivity contribution in [3.05, 3.63) is 47.8 Å². The Labute approximate surface area is 120 Å². The smallest absolute Gasteiger partial charge is 0.162 e. The van der Waals surface area contributed by atoms with E-state index in [4.69, 9.17) is 4.74 Å². The van der Waals surface area contributed by atoms with Crippen molar-refractivity contribution in [3.8, 4) is 11.4 Å². The van der Waals surface area contributed by atoms with Crippen LogP contribution in [0.2, 0.25) is 0 Å². The molecule has 2 aromatic carbocycles. The lowest BCUT2D eigenvalue weighted by molar-refractivity contribution is 0.101. The molecule has 0 N–H and O–H groups in total. The molecule has 3 rings (SSSR count). The number of Topliss-reactive ketones (excluding diaryl/α,β-unsaturated/α-hetero) is 1. The van der Waals surface area contributed by atoms with E-state index in [0.29, 0.717) is 16.7 Å². The van der Waals surface area contributed by atoms with Gasteiger partial charge in [-0.3, -0.25) is 4.79 Å². The number of ketones is 1. The van der Waals surface area contributed by atoms with Crippen molar-refractivity contribution in [1.82, 2.24) is 15.0 Å². The molecule has 0 bridgehead atoms. The summed E-state index contributed by atoms with van der Waals surface area (Å²) in [6.45, 7) is 1.37. The van der Waals surface area contributed by atoms with E-state index in [1.54, 1.807) is 0 Å². The third-order valence-electron chi connectivity index (χ3n) is 3.20. The minimum Gasteiger partial charge on any atom is -0.494 e. The van der Waals surface area contributed by atoms with Gasteiger partial charge in [0, 0.05) is 11.6 Å².